The van der Waals surface area contributed by atoms with Gasteiger partial charge in [-0.3, -0.25) is 0 Å². The van der Waals surface area contributed by atoms with Crippen molar-refractivity contribution in [3.63, 3.8) is 0 Å². The van der Waals surface area contributed by atoms with Crippen LogP contribution in [0.5, 0.6) is 0 Å². The molecule has 3 nitrogen and oxygen atoms in total. The Morgan fingerprint density at radius 1 is 1.29 bits per heavy atom. The first kappa shape index (κ1) is 14.9. The number of rotatable bonds is 8. The molecule has 1 heterocycles. The summed E-state index contributed by atoms with van der Waals surface area (Å²) in [4.78, 5) is 5.69. The van der Waals surface area contributed by atoms with Crippen molar-refractivity contribution in [2.24, 2.45) is 5.73 Å². The molecule has 1 aliphatic rings. The molecule has 1 rings (SSSR count). The maximum absolute atomic E-state index is 5.57. The average molecular weight is 257 g/mol. The van der Waals surface area contributed by atoms with Gasteiger partial charge in [-0.25, -0.2) is 0 Å². The van der Waals surface area contributed by atoms with Gasteiger partial charge in [0.1, 0.15) is 0 Å². The fraction of sp³-hybridized carbons (Fsp3) is 0.923. The molecule has 0 amide bonds. The molecule has 2 N–H and O–H groups in total. The van der Waals surface area contributed by atoms with E-state index in [4.69, 9.17) is 18.0 Å². The molecule has 0 aromatic rings. The van der Waals surface area contributed by atoms with E-state index in [1.807, 2.05) is 0 Å². The van der Waals surface area contributed by atoms with Gasteiger partial charge >= 0.3 is 0 Å². The maximum Gasteiger partial charge on any atom is 0.0740 e. The predicted octanol–water partition coefficient (Wildman–Crippen LogP) is 1.86. The van der Waals surface area contributed by atoms with Gasteiger partial charge in [0.2, 0.25) is 0 Å². The summed E-state index contributed by atoms with van der Waals surface area (Å²) in [6.07, 6.45) is 4.87. The largest absolute Gasteiger partial charge is 0.393 e. The zero-order valence-electron chi connectivity index (χ0n) is 11.3. The lowest BCUT2D eigenvalue weighted by atomic mass is 10.2. The van der Waals surface area contributed by atoms with E-state index >= 15 is 0 Å². The Kier molecular flexibility index (Phi) is 7.00. The summed E-state index contributed by atoms with van der Waals surface area (Å²) in [5, 5.41) is 0. The van der Waals surface area contributed by atoms with Crippen LogP contribution < -0.4 is 5.73 Å². The average Bonchev–Trinajstić information content (AvgIpc) is 2.74. The molecule has 0 saturated carbocycles. The standard InChI is InChI=1S/C13H27N3S/c1-12(2)16(11-6-13(14)17)10-5-9-15-7-3-4-8-15/h12H,3-11H2,1-2H3,(H2,14,17). The monoisotopic (exact) mass is 257 g/mol. The van der Waals surface area contributed by atoms with E-state index in [1.165, 1.54) is 38.9 Å². The smallest absolute Gasteiger partial charge is 0.0740 e. The van der Waals surface area contributed by atoms with E-state index in [0.717, 1.165) is 19.5 Å². The Morgan fingerprint density at radius 2 is 1.94 bits per heavy atom. The molecule has 0 aromatic heterocycles. The van der Waals surface area contributed by atoms with Crippen molar-refractivity contribution in [1.82, 2.24) is 9.80 Å². The van der Waals surface area contributed by atoms with Crippen LogP contribution in [0.3, 0.4) is 0 Å². The van der Waals surface area contributed by atoms with Crippen molar-refractivity contribution in [3.8, 4) is 0 Å². The highest BCUT2D eigenvalue weighted by atomic mass is 32.1. The van der Waals surface area contributed by atoms with Gasteiger partial charge in [0, 0.05) is 19.0 Å². The summed E-state index contributed by atoms with van der Waals surface area (Å²) in [5.41, 5.74) is 5.57. The van der Waals surface area contributed by atoms with Gasteiger partial charge in [0.15, 0.2) is 0 Å². The quantitative estimate of drug-likeness (QED) is 0.673. The molecule has 1 saturated heterocycles. The Bertz CT molecular complexity index is 225. The lowest BCUT2D eigenvalue weighted by molar-refractivity contribution is 0.210. The highest BCUT2D eigenvalue weighted by Gasteiger charge is 2.13. The van der Waals surface area contributed by atoms with E-state index in [-0.39, 0.29) is 0 Å². The molecule has 0 bridgehead atoms. The second-order valence-corrected chi connectivity index (χ2v) is 5.77. The minimum absolute atomic E-state index is 0.586. The number of nitrogens with zero attached hydrogens (tertiary/aromatic N) is 2. The van der Waals surface area contributed by atoms with E-state index in [2.05, 4.69) is 23.6 Å². The first-order chi connectivity index (χ1) is 8.09. The molecule has 0 aliphatic carbocycles. The topological polar surface area (TPSA) is 32.5 Å². The first-order valence-electron chi connectivity index (χ1n) is 6.84. The second-order valence-electron chi connectivity index (χ2n) is 5.25. The van der Waals surface area contributed by atoms with Crippen LogP contribution in [0.4, 0.5) is 0 Å². The molecule has 1 fully saturated rings. The second kappa shape index (κ2) is 8.01. The van der Waals surface area contributed by atoms with Gasteiger partial charge in [0.25, 0.3) is 0 Å². The van der Waals surface area contributed by atoms with Crippen LogP contribution in [-0.4, -0.2) is 53.6 Å². The fourth-order valence-corrected chi connectivity index (χ4v) is 2.48. The summed E-state index contributed by atoms with van der Waals surface area (Å²) < 4.78 is 0. The Balaban J connectivity index is 2.16. The van der Waals surface area contributed by atoms with Crippen LogP contribution in [0.25, 0.3) is 0 Å². The highest BCUT2D eigenvalue weighted by molar-refractivity contribution is 7.80. The Hall–Kier alpha value is -0.190. The number of nitrogens with two attached hydrogens (primary N) is 1. The van der Waals surface area contributed by atoms with Crippen molar-refractivity contribution in [2.75, 3.05) is 32.7 Å². The van der Waals surface area contributed by atoms with Gasteiger partial charge in [-0.2, -0.15) is 0 Å². The van der Waals surface area contributed by atoms with Gasteiger partial charge in [-0.05, 0) is 59.3 Å². The van der Waals surface area contributed by atoms with Crippen LogP contribution in [0.1, 0.15) is 39.5 Å². The van der Waals surface area contributed by atoms with Crippen molar-refractivity contribution in [2.45, 2.75) is 45.6 Å². The van der Waals surface area contributed by atoms with Gasteiger partial charge in [-0.1, -0.05) is 12.2 Å². The molecule has 17 heavy (non-hydrogen) atoms. The number of hydrogen-bond donors (Lipinski definition) is 1. The summed E-state index contributed by atoms with van der Waals surface area (Å²) in [5.74, 6) is 0. The van der Waals surface area contributed by atoms with Crippen LogP contribution in [0, 0.1) is 0 Å². The minimum Gasteiger partial charge on any atom is -0.393 e. The first-order valence-corrected chi connectivity index (χ1v) is 7.25. The maximum atomic E-state index is 5.57. The molecular formula is C13H27N3S. The zero-order valence-corrected chi connectivity index (χ0v) is 12.1. The van der Waals surface area contributed by atoms with Gasteiger partial charge < -0.3 is 15.5 Å². The lowest BCUT2D eigenvalue weighted by Gasteiger charge is -2.27. The number of thiocarbonyl (C=S) groups is 1. The number of likely N-dealkylation sites (tertiary alicyclic amines) is 1. The molecule has 0 spiro atoms. The summed E-state index contributed by atoms with van der Waals surface area (Å²) >= 11 is 4.94. The fourth-order valence-electron chi connectivity index (χ4n) is 2.39. The molecule has 0 atom stereocenters. The van der Waals surface area contributed by atoms with E-state index in [0.29, 0.717) is 11.0 Å². The summed E-state index contributed by atoms with van der Waals surface area (Å²) in [6.45, 7) is 10.5. The van der Waals surface area contributed by atoms with Crippen LogP contribution >= 0.6 is 12.2 Å². The molecule has 0 radical (unpaired) electrons. The van der Waals surface area contributed by atoms with Crippen LogP contribution in [0.15, 0.2) is 0 Å². The van der Waals surface area contributed by atoms with Crippen molar-refractivity contribution in [3.05, 3.63) is 0 Å². The molecule has 100 valence electrons. The molecule has 4 heteroatoms. The van der Waals surface area contributed by atoms with Crippen LogP contribution in [-0.2, 0) is 0 Å². The minimum atomic E-state index is 0.586. The molecule has 1 aliphatic heterocycles. The lowest BCUT2D eigenvalue weighted by Crippen LogP contribution is -2.36. The van der Waals surface area contributed by atoms with Crippen molar-refractivity contribution >= 4 is 17.2 Å². The predicted molar refractivity (Wildman–Crippen MR) is 78.4 cm³/mol. The third-order valence-corrected chi connectivity index (χ3v) is 3.70. The van der Waals surface area contributed by atoms with Gasteiger partial charge in [0.05, 0.1) is 4.99 Å². The van der Waals surface area contributed by atoms with Crippen LogP contribution in [0.2, 0.25) is 0 Å². The third-order valence-electron chi connectivity index (χ3n) is 3.49. The Labute approximate surface area is 111 Å². The molecular weight excluding hydrogens is 230 g/mol. The summed E-state index contributed by atoms with van der Waals surface area (Å²) in [7, 11) is 0. The normalized spacial score (nSPS) is 17.2. The molecule has 0 unspecified atom stereocenters. The van der Waals surface area contributed by atoms with E-state index < -0.39 is 0 Å². The van der Waals surface area contributed by atoms with Crippen molar-refractivity contribution < 1.29 is 0 Å². The Morgan fingerprint density at radius 3 is 2.47 bits per heavy atom. The zero-order chi connectivity index (χ0) is 12.7. The van der Waals surface area contributed by atoms with E-state index in [1.54, 1.807) is 0 Å². The number of hydrogen-bond acceptors (Lipinski definition) is 3. The SMILES string of the molecule is CC(C)N(CCCN1CCCC1)CCC(N)=S. The van der Waals surface area contributed by atoms with Gasteiger partial charge in [-0.15, -0.1) is 0 Å². The molecule has 0 aromatic carbocycles. The summed E-state index contributed by atoms with van der Waals surface area (Å²) in [6, 6.07) is 0.586. The highest BCUT2D eigenvalue weighted by Crippen LogP contribution is 2.08. The third kappa shape index (κ3) is 6.34. The van der Waals surface area contributed by atoms with Crippen molar-refractivity contribution in [1.29, 1.82) is 0 Å². The van der Waals surface area contributed by atoms with E-state index in [9.17, 15) is 0 Å².